The zero-order chi connectivity index (χ0) is 20.3. The van der Waals surface area contributed by atoms with Crippen molar-refractivity contribution in [3.8, 4) is 11.1 Å². The lowest BCUT2D eigenvalue weighted by Crippen LogP contribution is -2.04. The Balaban J connectivity index is 0.000000314. The van der Waals surface area contributed by atoms with E-state index in [0.29, 0.717) is 10.4 Å². The molecule has 1 aromatic heterocycles. The van der Waals surface area contributed by atoms with Gasteiger partial charge in [-0.3, -0.25) is 4.79 Å². The zero-order valence-corrected chi connectivity index (χ0v) is 16.2. The summed E-state index contributed by atoms with van der Waals surface area (Å²) < 4.78 is 37.0. The molecule has 146 valence electrons. The number of allylic oxidation sites excluding steroid dienone is 2. The summed E-state index contributed by atoms with van der Waals surface area (Å²) in [6, 6.07) is 6.53. The largest absolute Gasteiger partial charge is 0.416 e. The van der Waals surface area contributed by atoms with Crippen molar-refractivity contribution in [2.45, 2.75) is 19.5 Å². The number of carbonyl (C=O) groups excluding carboxylic acids is 1. The van der Waals surface area contributed by atoms with Gasteiger partial charge in [0.25, 0.3) is 0 Å². The lowest BCUT2D eigenvalue weighted by atomic mass is 10.1. The molecule has 0 bridgehead atoms. The lowest BCUT2D eigenvalue weighted by molar-refractivity contribution is -0.137. The summed E-state index contributed by atoms with van der Waals surface area (Å²) in [6.45, 7) is 2.03. The molecule has 0 aliphatic carbocycles. The number of nitrogens with one attached hydrogen (secondary N) is 2. The maximum Gasteiger partial charge on any atom is 0.416 e. The first-order valence-electron chi connectivity index (χ1n) is 8.22. The molecular weight excluding hydrogens is 373 g/mol. The highest BCUT2D eigenvalue weighted by Crippen LogP contribution is 2.31. The number of rotatable bonds is 6. The Morgan fingerprint density at radius 2 is 1.81 bits per heavy atom. The molecular formula is C20H23F3N2OS. The summed E-state index contributed by atoms with van der Waals surface area (Å²) in [6.07, 6.45) is 3.44. The molecule has 2 aromatic rings. The number of hydrogen-bond acceptors (Lipinski definition) is 4. The molecule has 3 nitrogen and oxygen atoms in total. The van der Waals surface area contributed by atoms with Gasteiger partial charge in [-0.25, -0.2) is 0 Å². The SMILES string of the molecule is C/C=C(\C/C=C\NC)NC.O=Cc1cc(-c2ccc(C(F)(F)F)cc2)cs1. The zero-order valence-electron chi connectivity index (χ0n) is 15.4. The predicted molar refractivity (Wildman–Crippen MR) is 106 cm³/mol. The van der Waals surface area contributed by atoms with Crippen molar-refractivity contribution < 1.29 is 18.0 Å². The van der Waals surface area contributed by atoms with E-state index in [-0.39, 0.29) is 0 Å². The second-order valence-corrected chi connectivity index (χ2v) is 6.33. The first-order valence-corrected chi connectivity index (χ1v) is 9.10. The summed E-state index contributed by atoms with van der Waals surface area (Å²) in [5, 5.41) is 7.77. The van der Waals surface area contributed by atoms with Crippen LogP contribution in [0.2, 0.25) is 0 Å². The Morgan fingerprint density at radius 3 is 2.26 bits per heavy atom. The monoisotopic (exact) mass is 396 g/mol. The maximum absolute atomic E-state index is 12.3. The first-order chi connectivity index (χ1) is 12.8. The summed E-state index contributed by atoms with van der Waals surface area (Å²) in [7, 11) is 3.83. The van der Waals surface area contributed by atoms with Crippen molar-refractivity contribution in [1.29, 1.82) is 0 Å². The van der Waals surface area contributed by atoms with Crippen LogP contribution in [0.3, 0.4) is 0 Å². The van der Waals surface area contributed by atoms with E-state index in [0.717, 1.165) is 30.4 Å². The van der Waals surface area contributed by atoms with Crippen molar-refractivity contribution in [3.63, 3.8) is 0 Å². The van der Waals surface area contributed by atoms with Gasteiger partial charge in [-0.1, -0.05) is 24.3 Å². The van der Waals surface area contributed by atoms with Crippen LogP contribution in [0.15, 0.2) is 59.8 Å². The second kappa shape index (κ2) is 11.2. The van der Waals surface area contributed by atoms with Crippen LogP contribution in [0.5, 0.6) is 0 Å². The van der Waals surface area contributed by atoms with Gasteiger partial charge in [0.05, 0.1) is 10.4 Å². The van der Waals surface area contributed by atoms with E-state index in [4.69, 9.17) is 0 Å². The third-order valence-corrected chi connectivity index (χ3v) is 4.43. The molecule has 0 saturated carbocycles. The normalized spacial score (nSPS) is 11.7. The molecule has 0 atom stereocenters. The highest BCUT2D eigenvalue weighted by Gasteiger charge is 2.29. The van der Waals surface area contributed by atoms with Gasteiger partial charge >= 0.3 is 6.18 Å². The van der Waals surface area contributed by atoms with E-state index in [1.165, 1.54) is 29.2 Å². The molecule has 1 aromatic carbocycles. The van der Waals surface area contributed by atoms with Crippen LogP contribution < -0.4 is 10.6 Å². The minimum absolute atomic E-state index is 0.555. The van der Waals surface area contributed by atoms with E-state index in [9.17, 15) is 18.0 Å². The fourth-order valence-corrected chi connectivity index (χ4v) is 2.80. The minimum Gasteiger partial charge on any atom is -0.394 e. The molecule has 2 N–H and O–H groups in total. The highest BCUT2D eigenvalue weighted by molar-refractivity contribution is 7.12. The fourth-order valence-electron chi connectivity index (χ4n) is 2.09. The van der Waals surface area contributed by atoms with Gasteiger partial charge < -0.3 is 10.6 Å². The quantitative estimate of drug-likeness (QED) is 0.636. The second-order valence-electron chi connectivity index (χ2n) is 5.39. The van der Waals surface area contributed by atoms with Gasteiger partial charge in [0.15, 0.2) is 6.29 Å². The molecule has 0 aliphatic rings. The summed E-state index contributed by atoms with van der Waals surface area (Å²) in [5.74, 6) is 0. The molecule has 0 aliphatic heterocycles. The van der Waals surface area contributed by atoms with Crippen LogP contribution in [0.25, 0.3) is 11.1 Å². The van der Waals surface area contributed by atoms with Gasteiger partial charge in [0, 0.05) is 26.2 Å². The van der Waals surface area contributed by atoms with Gasteiger partial charge in [-0.15, -0.1) is 11.3 Å². The van der Waals surface area contributed by atoms with Crippen LogP contribution in [0.4, 0.5) is 13.2 Å². The smallest absolute Gasteiger partial charge is 0.394 e. The van der Waals surface area contributed by atoms with Crippen LogP contribution in [0.1, 0.15) is 28.6 Å². The average molecular weight is 396 g/mol. The summed E-state index contributed by atoms with van der Waals surface area (Å²) in [5.41, 5.74) is 1.99. The molecule has 0 saturated heterocycles. The molecule has 0 radical (unpaired) electrons. The van der Waals surface area contributed by atoms with E-state index < -0.39 is 11.7 Å². The standard InChI is InChI=1S/C12H7F3OS.C8H16N2/c13-12(14,15)10-3-1-8(2-4-10)9-5-11(6-16)17-7-9;1-4-8(10-3)6-5-7-9-2/h1-7H;4-5,7,9-10H,6H2,1-3H3/b;7-5-,8-4+. The molecule has 27 heavy (non-hydrogen) atoms. The number of carbonyl (C=O) groups is 1. The number of thiophene rings is 1. The van der Waals surface area contributed by atoms with Crippen LogP contribution in [-0.4, -0.2) is 20.4 Å². The van der Waals surface area contributed by atoms with E-state index in [1.54, 1.807) is 11.4 Å². The van der Waals surface area contributed by atoms with Gasteiger partial charge in [-0.05, 0) is 47.8 Å². The summed E-state index contributed by atoms with van der Waals surface area (Å²) in [4.78, 5) is 11.1. The minimum atomic E-state index is -4.32. The van der Waals surface area contributed by atoms with Crippen LogP contribution >= 0.6 is 11.3 Å². The molecule has 0 spiro atoms. The van der Waals surface area contributed by atoms with Crippen molar-refractivity contribution in [1.82, 2.24) is 10.6 Å². The van der Waals surface area contributed by atoms with Crippen LogP contribution in [-0.2, 0) is 6.18 Å². The fraction of sp³-hybridized carbons (Fsp3) is 0.250. The third kappa shape index (κ3) is 7.70. The maximum atomic E-state index is 12.3. The molecule has 0 fully saturated rings. The number of benzene rings is 1. The van der Waals surface area contributed by atoms with Crippen molar-refractivity contribution >= 4 is 17.6 Å². The Morgan fingerprint density at radius 1 is 1.15 bits per heavy atom. The Kier molecular flexibility index (Phi) is 9.36. The molecule has 1 heterocycles. The van der Waals surface area contributed by atoms with E-state index in [2.05, 4.69) is 22.8 Å². The number of aldehydes is 1. The number of hydrogen-bond donors (Lipinski definition) is 2. The van der Waals surface area contributed by atoms with Gasteiger partial charge in [0.2, 0.25) is 0 Å². The van der Waals surface area contributed by atoms with E-state index in [1.807, 2.05) is 27.2 Å². The van der Waals surface area contributed by atoms with Crippen molar-refractivity contribution in [3.05, 3.63) is 70.2 Å². The number of halogens is 3. The van der Waals surface area contributed by atoms with Crippen LogP contribution in [0, 0.1) is 0 Å². The average Bonchev–Trinajstić information content (AvgIpc) is 3.15. The third-order valence-electron chi connectivity index (χ3n) is 3.57. The van der Waals surface area contributed by atoms with E-state index >= 15 is 0 Å². The Hall–Kier alpha value is -2.54. The Bertz CT molecular complexity index is 762. The topological polar surface area (TPSA) is 41.1 Å². The molecule has 7 heteroatoms. The Labute approximate surface area is 161 Å². The van der Waals surface area contributed by atoms with Gasteiger partial charge in [0.1, 0.15) is 0 Å². The highest BCUT2D eigenvalue weighted by atomic mass is 32.1. The predicted octanol–water partition coefficient (Wildman–Crippen LogP) is 5.48. The molecule has 0 amide bonds. The molecule has 0 unspecified atom stereocenters. The first kappa shape index (κ1) is 22.5. The number of alkyl halides is 3. The van der Waals surface area contributed by atoms with Crippen molar-refractivity contribution in [2.75, 3.05) is 14.1 Å². The lowest BCUT2D eigenvalue weighted by Gasteiger charge is -2.06. The summed E-state index contributed by atoms with van der Waals surface area (Å²) >= 11 is 1.26. The molecule has 2 rings (SSSR count). The van der Waals surface area contributed by atoms with Crippen molar-refractivity contribution in [2.24, 2.45) is 0 Å². The van der Waals surface area contributed by atoms with Gasteiger partial charge in [-0.2, -0.15) is 13.2 Å².